The Bertz CT molecular complexity index is 500. The molecule has 0 radical (unpaired) electrons. The second-order valence-corrected chi connectivity index (χ2v) is 5.83. The SMILES string of the molecule is O=CN1C[C@H]2C[C@H](c3ccccc3C(F)(F)F)C[C@H]2C1. The highest BCUT2D eigenvalue weighted by Crippen LogP contribution is 2.48. The van der Waals surface area contributed by atoms with Gasteiger partial charge >= 0.3 is 6.18 Å². The summed E-state index contributed by atoms with van der Waals surface area (Å²) in [6.45, 7) is 1.39. The van der Waals surface area contributed by atoms with E-state index in [0.717, 1.165) is 19.3 Å². The maximum atomic E-state index is 13.1. The first kappa shape index (κ1) is 13.5. The molecule has 0 spiro atoms. The van der Waals surface area contributed by atoms with Crippen LogP contribution in [0.1, 0.15) is 29.9 Å². The van der Waals surface area contributed by atoms with E-state index in [1.54, 1.807) is 17.0 Å². The van der Waals surface area contributed by atoms with Crippen molar-refractivity contribution in [2.45, 2.75) is 24.9 Å². The van der Waals surface area contributed by atoms with Gasteiger partial charge in [-0.1, -0.05) is 18.2 Å². The van der Waals surface area contributed by atoms with Crippen molar-refractivity contribution in [2.75, 3.05) is 13.1 Å². The smallest absolute Gasteiger partial charge is 0.345 e. The summed E-state index contributed by atoms with van der Waals surface area (Å²) in [7, 11) is 0. The third kappa shape index (κ3) is 2.30. The highest BCUT2D eigenvalue weighted by atomic mass is 19.4. The minimum absolute atomic E-state index is 0.0309. The fraction of sp³-hybridized carbons (Fsp3) is 0.533. The van der Waals surface area contributed by atoms with Crippen LogP contribution in [0.3, 0.4) is 0 Å². The first-order chi connectivity index (χ1) is 9.49. The van der Waals surface area contributed by atoms with Gasteiger partial charge in [-0.15, -0.1) is 0 Å². The van der Waals surface area contributed by atoms with Crippen LogP contribution in [0.2, 0.25) is 0 Å². The molecular formula is C15H16F3NO. The van der Waals surface area contributed by atoms with Crippen LogP contribution >= 0.6 is 0 Å². The average molecular weight is 283 g/mol. The van der Waals surface area contributed by atoms with Crippen molar-refractivity contribution in [3.8, 4) is 0 Å². The molecule has 1 heterocycles. The average Bonchev–Trinajstić information content (AvgIpc) is 2.95. The van der Waals surface area contributed by atoms with E-state index in [4.69, 9.17) is 0 Å². The lowest BCUT2D eigenvalue weighted by atomic mass is 9.91. The van der Waals surface area contributed by atoms with Crippen LogP contribution in [0.4, 0.5) is 13.2 Å². The molecular weight excluding hydrogens is 267 g/mol. The summed E-state index contributed by atoms with van der Waals surface area (Å²) in [5, 5.41) is 0. The lowest BCUT2D eigenvalue weighted by Crippen LogP contribution is -2.20. The molecule has 0 aromatic heterocycles. The molecule has 1 saturated carbocycles. The number of alkyl halides is 3. The molecule has 3 rings (SSSR count). The molecule has 2 nitrogen and oxygen atoms in total. The van der Waals surface area contributed by atoms with E-state index in [0.29, 0.717) is 30.5 Å². The Labute approximate surface area is 115 Å². The second kappa shape index (κ2) is 4.79. The predicted molar refractivity (Wildman–Crippen MR) is 68.0 cm³/mol. The van der Waals surface area contributed by atoms with Gasteiger partial charge in [-0.05, 0) is 42.2 Å². The molecule has 5 heteroatoms. The summed E-state index contributed by atoms with van der Waals surface area (Å²) in [5.41, 5.74) is -0.0794. The number of carbonyl (C=O) groups is 1. The van der Waals surface area contributed by atoms with Crippen molar-refractivity contribution in [3.63, 3.8) is 0 Å². The quantitative estimate of drug-likeness (QED) is 0.763. The van der Waals surface area contributed by atoms with Gasteiger partial charge in [0.15, 0.2) is 0 Å². The summed E-state index contributed by atoms with van der Waals surface area (Å²) < 4.78 is 39.2. The third-order valence-electron chi connectivity index (χ3n) is 4.63. The van der Waals surface area contributed by atoms with Gasteiger partial charge in [-0.25, -0.2) is 0 Å². The van der Waals surface area contributed by atoms with Crippen molar-refractivity contribution in [2.24, 2.45) is 11.8 Å². The van der Waals surface area contributed by atoms with E-state index in [2.05, 4.69) is 0 Å². The summed E-state index contributed by atoms with van der Waals surface area (Å²) in [4.78, 5) is 12.5. The van der Waals surface area contributed by atoms with Gasteiger partial charge < -0.3 is 4.90 Å². The predicted octanol–water partition coefficient (Wildman–Crippen LogP) is 3.29. The lowest BCUT2D eigenvalue weighted by molar-refractivity contribution is -0.138. The standard InChI is InChI=1S/C15H16F3NO/c16-15(17,18)14-4-2-1-3-13(14)10-5-11-7-19(9-20)8-12(11)6-10/h1-4,9-12H,5-8H2/t10-,11+,12-. The van der Waals surface area contributed by atoms with Crippen LogP contribution < -0.4 is 0 Å². The zero-order valence-electron chi connectivity index (χ0n) is 10.9. The molecule has 1 aliphatic carbocycles. The summed E-state index contributed by atoms with van der Waals surface area (Å²) in [6.07, 6.45) is -1.94. The van der Waals surface area contributed by atoms with Crippen LogP contribution in [0.25, 0.3) is 0 Å². The monoisotopic (exact) mass is 283 g/mol. The minimum atomic E-state index is -4.29. The molecule has 3 atom stereocenters. The Morgan fingerprint density at radius 3 is 2.25 bits per heavy atom. The van der Waals surface area contributed by atoms with Gasteiger partial charge in [0.2, 0.25) is 6.41 Å². The number of rotatable bonds is 2. The molecule has 1 aliphatic heterocycles. The van der Waals surface area contributed by atoms with E-state index >= 15 is 0 Å². The molecule has 1 amide bonds. The Balaban J connectivity index is 1.82. The third-order valence-corrected chi connectivity index (χ3v) is 4.63. The molecule has 0 N–H and O–H groups in total. The van der Waals surface area contributed by atoms with Gasteiger partial charge in [-0.2, -0.15) is 13.2 Å². The van der Waals surface area contributed by atoms with Gasteiger partial charge in [0.1, 0.15) is 0 Å². The van der Waals surface area contributed by atoms with Gasteiger partial charge in [0.25, 0.3) is 0 Å². The number of hydrogen-bond donors (Lipinski definition) is 0. The number of fused-ring (bicyclic) bond motifs is 1. The Morgan fingerprint density at radius 1 is 1.10 bits per heavy atom. The lowest BCUT2D eigenvalue weighted by Gasteiger charge is -2.19. The molecule has 0 unspecified atom stereocenters. The molecule has 1 saturated heterocycles. The number of nitrogens with zero attached hydrogens (tertiary/aromatic N) is 1. The number of benzene rings is 1. The first-order valence-electron chi connectivity index (χ1n) is 6.84. The van der Waals surface area contributed by atoms with Crippen LogP contribution in [-0.4, -0.2) is 24.4 Å². The number of carbonyl (C=O) groups excluding carboxylic acids is 1. The highest BCUT2D eigenvalue weighted by molar-refractivity contribution is 5.48. The van der Waals surface area contributed by atoms with Gasteiger partial charge in [0, 0.05) is 13.1 Å². The zero-order valence-corrected chi connectivity index (χ0v) is 10.9. The molecule has 108 valence electrons. The summed E-state index contributed by atoms with van der Waals surface area (Å²) >= 11 is 0. The van der Waals surface area contributed by atoms with Crippen molar-refractivity contribution >= 4 is 6.41 Å². The van der Waals surface area contributed by atoms with Crippen molar-refractivity contribution < 1.29 is 18.0 Å². The van der Waals surface area contributed by atoms with E-state index < -0.39 is 11.7 Å². The van der Waals surface area contributed by atoms with Crippen molar-refractivity contribution in [3.05, 3.63) is 35.4 Å². The van der Waals surface area contributed by atoms with Crippen LogP contribution in [0.5, 0.6) is 0 Å². The number of hydrogen-bond acceptors (Lipinski definition) is 1. The molecule has 0 bridgehead atoms. The van der Waals surface area contributed by atoms with Crippen molar-refractivity contribution in [1.29, 1.82) is 0 Å². The van der Waals surface area contributed by atoms with E-state index in [9.17, 15) is 18.0 Å². The molecule has 20 heavy (non-hydrogen) atoms. The van der Waals surface area contributed by atoms with Crippen LogP contribution in [-0.2, 0) is 11.0 Å². The first-order valence-corrected chi connectivity index (χ1v) is 6.84. The maximum Gasteiger partial charge on any atom is 0.416 e. The van der Waals surface area contributed by atoms with Crippen LogP contribution in [0.15, 0.2) is 24.3 Å². The zero-order chi connectivity index (χ0) is 14.3. The normalized spacial score (nSPS) is 29.6. The number of likely N-dealkylation sites (tertiary alicyclic amines) is 1. The van der Waals surface area contributed by atoms with E-state index in [-0.39, 0.29) is 5.92 Å². The van der Waals surface area contributed by atoms with E-state index in [1.807, 2.05) is 0 Å². The second-order valence-electron chi connectivity index (χ2n) is 5.83. The molecule has 2 fully saturated rings. The summed E-state index contributed by atoms with van der Waals surface area (Å²) in [6, 6.07) is 5.89. The van der Waals surface area contributed by atoms with Crippen molar-refractivity contribution in [1.82, 2.24) is 4.90 Å². The Morgan fingerprint density at radius 2 is 1.70 bits per heavy atom. The Kier molecular flexibility index (Phi) is 3.22. The van der Waals surface area contributed by atoms with Gasteiger partial charge in [-0.3, -0.25) is 4.79 Å². The molecule has 1 aromatic rings. The summed E-state index contributed by atoms with van der Waals surface area (Å²) in [5.74, 6) is 0.676. The molecule has 2 aliphatic rings. The molecule has 1 aromatic carbocycles. The fourth-order valence-electron chi connectivity index (χ4n) is 3.79. The van der Waals surface area contributed by atoms with Gasteiger partial charge in [0.05, 0.1) is 5.56 Å². The number of amides is 1. The maximum absolute atomic E-state index is 13.1. The minimum Gasteiger partial charge on any atom is -0.345 e. The van der Waals surface area contributed by atoms with Crippen LogP contribution in [0, 0.1) is 11.8 Å². The topological polar surface area (TPSA) is 20.3 Å². The Hall–Kier alpha value is -1.52. The van der Waals surface area contributed by atoms with E-state index in [1.165, 1.54) is 12.1 Å². The highest BCUT2D eigenvalue weighted by Gasteiger charge is 2.43. The number of halogens is 3. The largest absolute Gasteiger partial charge is 0.416 e. The fourth-order valence-corrected chi connectivity index (χ4v) is 3.79.